The van der Waals surface area contributed by atoms with E-state index in [4.69, 9.17) is 9.47 Å². The molecular formula is C20H32O3Si. The molecule has 1 fully saturated rings. The quantitative estimate of drug-likeness (QED) is 0.356. The molecule has 2 rings (SSSR count). The molecule has 1 saturated heterocycles. The summed E-state index contributed by atoms with van der Waals surface area (Å²) in [6.07, 6.45) is 4.39. The van der Waals surface area contributed by atoms with Gasteiger partial charge < -0.3 is 9.47 Å². The van der Waals surface area contributed by atoms with Gasteiger partial charge in [0.2, 0.25) is 0 Å². The van der Waals surface area contributed by atoms with Crippen LogP contribution in [-0.2, 0) is 20.9 Å². The summed E-state index contributed by atoms with van der Waals surface area (Å²) in [4.78, 5) is 12.4. The molecule has 4 heteroatoms. The second-order valence-electron chi connectivity index (χ2n) is 7.97. The van der Waals surface area contributed by atoms with Crippen LogP contribution in [0.15, 0.2) is 30.3 Å². The van der Waals surface area contributed by atoms with Gasteiger partial charge in [0, 0.05) is 5.54 Å². The predicted molar refractivity (Wildman–Crippen MR) is 101 cm³/mol. The number of hydrogen-bond acceptors (Lipinski definition) is 3. The van der Waals surface area contributed by atoms with Crippen LogP contribution < -0.4 is 0 Å². The zero-order valence-corrected chi connectivity index (χ0v) is 16.6. The van der Waals surface area contributed by atoms with Gasteiger partial charge in [-0.3, -0.25) is 4.79 Å². The van der Waals surface area contributed by atoms with Gasteiger partial charge in [0.15, 0.2) is 0 Å². The van der Waals surface area contributed by atoms with Crippen molar-refractivity contribution in [3.05, 3.63) is 35.9 Å². The Balaban J connectivity index is 1.95. The Hall–Kier alpha value is -1.13. The van der Waals surface area contributed by atoms with Gasteiger partial charge in [0.05, 0.1) is 27.2 Å². The van der Waals surface area contributed by atoms with Gasteiger partial charge in [-0.2, -0.15) is 0 Å². The fraction of sp³-hybridized carbons (Fsp3) is 0.650. The molecule has 0 radical (unpaired) electrons. The van der Waals surface area contributed by atoms with E-state index in [0.717, 1.165) is 18.4 Å². The van der Waals surface area contributed by atoms with Crippen LogP contribution in [0.5, 0.6) is 0 Å². The van der Waals surface area contributed by atoms with E-state index < -0.39 is 8.07 Å². The van der Waals surface area contributed by atoms with Crippen LogP contribution in [-0.4, -0.2) is 26.8 Å². The smallest absolute Gasteiger partial charge is 0.309 e. The molecule has 0 aliphatic carbocycles. The minimum atomic E-state index is -1.51. The van der Waals surface area contributed by atoms with Gasteiger partial charge in [-0.05, 0) is 12.0 Å². The molecular weight excluding hydrogens is 316 g/mol. The summed E-state index contributed by atoms with van der Waals surface area (Å²) < 4.78 is 11.6. The van der Waals surface area contributed by atoms with Gasteiger partial charge in [0.25, 0.3) is 0 Å². The number of esters is 1. The van der Waals surface area contributed by atoms with Crippen molar-refractivity contribution in [2.45, 2.75) is 70.5 Å². The first-order chi connectivity index (χ1) is 11.4. The Morgan fingerprint density at radius 1 is 1.12 bits per heavy atom. The van der Waals surface area contributed by atoms with E-state index in [0.29, 0.717) is 18.8 Å². The number of carbonyl (C=O) groups is 1. The van der Waals surface area contributed by atoms with Crippen LogP contribution in [0.4, 0.5) is 0 Å². The largest absolute Gasteiger partial charge is 0.460 e. The van der Waals surface area contributed by atoms with E-state index in [1.807, 2.05) is 18.2 Å². The van der Waals surface area contributed by atoms with Gasteiger partial charge in [-0.1, -0.05) is 76.2 Å². The first kappa shape index (κ1) is 19.2. The highest BCUT2D eigenvalue weighted by Gasteiger charge is 2.50. The Labute approximate surface area is 147 Å². The molecule has 1 aromatic rings. The molecule has 1 aromatic carbocycles. The zero-order valence-electron chi connectivity index (χ0n) is 15.6. The minimum absolute atomic E-state index is 0.00633. The third-order valence-corrected chi connectivity index (χ3v) is 7.69. The number of unbranched alkanes of at least 4 members (excludes halogenated alkanes) is 2. The monoisotopic (exact) mass is 348 g/mol. The highest BCUT2D eigenvalue weighted by Crippen LogP contribution is 2.43. The number of cyclic esters (lactones) is 1. The standard InChI is InChI=1S/C20H32O3Si/c1-5-6-8-13-17-19(24(2,3)4)18(23-20(17)21)15-22-14-16-11-9-7-10-12-16/h7,9-12,17-19H,5-6,8,13-15H2,1-4H3/t17-,18-,19-/m0/s1. The van der Waals surface area contributed by atoms with Crippen LogP contribution in [0.2, 0.25) is 25.2 Å². The van der Waals surface area contributed by atoms with Crippen molar-refractivity contribution in [1.29, 1.82) is 0 Å². The molecule has 1 aliphatic heterocycles. The molecule has 0 unspecified atom stereocenters. The van der Waals surface area contributed by atoms with Crippen molar-refractivity contribution < 1.29 is 14.3 Å². The highest BCUT2D eigenvalue weighted by molar-refractivity contribution is 6.78. The summed E-state index contributed by atoms with van der Waals surface area (Å²) in [5.74, 6) is 0.0837. The second-order valence-corrected chi connectivity index (χ2v) is 13.4. The van der Waals surface area contributed by atoms with Crippen molar-refractivity contribution in [2.24, 2.45) is 5.92 Å². The van der Waals surface area contributed by atoms with Crippen molar-refractivity contribution >= 4 is 14.0 Å². The van der Waals surface area contributed by atoms with E-state index >= 15 is 0 Å². The van der Waals surface area contributed by atoms with Crippen molar-refractivity contribution in [1.82, 2.24) is 0 Å². The number of rotatable bonds is 9. The lowest BCUT2D eigenvalue weighted by Gasteiger charge is -2.31. The Kier molecular flexibility index (Phi) is 7.05. The van der Waals surface area contributed by atoms with Crippen LogP contribution in [0.3, 0.4) is 0 Å². The predicted octanol–water partition coefficient (Wildman–Crippen LogP) is 5.03. The molecule has 1 aliphatic rings. The van der Waals surface area contributed by atoms with E-state index in [1.54, 1.807) is 0 Å². The third-order valence-electron chi connectivity index (χ3n) is 4.92. The van der Waals surface area contributed by atoms with E-state index in [2.05, 4.69) is 38.7 Å². The lowest BCUT2D eigenvalue weighted by molar-refractivity contribution is -0.146. The maximum absolute atomic E-state index is 12.4. The summed E-state index contributed by atoms with van der Waals surface area (Å²) in [6, 6.07) is 10.2. The van der Waals surface area contributed by atoms with E-state index in [1.165, 1.54) is 12.8 Å². The fourth-order valence-electron chi connectivity index (χ4n) is 3.79. The molecule has 24 heavy (non-hydrogen) atoms. The molecule has 3 atom stereocenters. The van der Waals surface area contributed by atoms with Crippen molar-refractivity contribution in [3.8, 4) is 0 Å². The van der Waals surface area contributed by atoms with Crippen LogP contribution in [0.1, 0.15) is 38.2 Å². The number of benzene rings is 1. The summed E-state index contributed by atoms with van der Waals surface area (Å²) >= 11 is 0. The Bertz CT molecular complexity index is 509. The average Bonchev–Trinajstić information content (AvgIpc) is 2.85. The van der Waals surface area contributed by atoms with E-state index in [9.17, 15) is 4.79 Å². The SMILES string of the molecule is CCCCC[C@@H]1C(=O)O[C@@H](COCc2ccccc2)[C@H]1[Si](C)(C)C. The van der Waals surface area contributed by atoms with Gasteiger partial charge in [0.1, 0.15) is 6.10 Å². The first-order valence-electron chi connectivity index (χ1n) is 9.25. The molecule has 3 nitrogen and oxygen atoms in total. The highest BCUT2D eigenvalue weighted by atomic mass is 28.3. The lowest BCUT2D eigenvalue weighted by Crippen LogP contribution is -2.39. The van der Waals surface area contributed by atoms with Gasteiger partial charge in [-0.25, -0.2) is 0 Å². The molecule has 0 bridgehead atoms. The summed E-state index contributed by atoms with van der Waals surface area (Å²) in [6.45, 7) is 10.3. The molecule has 0 N–H and O–H groups in total. The molecule has 0 aromatic heterocycles. The van der Waals surface area contributed by atoms with Crippen LogP contribution in [0.25, 0.3) is 0 Å². The van der Waals surface area contributed by atoms with Crippen molar-refractivity contribution in [2.75, 3.05) is 6.61 Å². The maximum atomic E-state index is 12.4. The zero-order chi connectivity index (χ0) is 17.6. The second kappa shape index (κ2) is 8.81. The molecule has 0 amide bonds. The molecule has 0 spiro atoms. The minimum Gasteiger partial charge on any atom is -0.460 e. The van der Waals surface area contributed by atoms with Gasteiger partial charge >= 0.3 is 5.97 Å². The van der Waals surface area contributed by atoms with Crippen molar-refractivity contribution in [3.63, 3.8) is 0 Å². The summed E-state index contributed by atoms with van der Waals surface area (Å²) in [5.41, 5.74) is 1.52. The molecule has 134 valence electrons. The Morgan fingerprint density at radius 3 is 2.46 bits per heavy atom. The maximum Gasteiger partial charge on any atom is 0.309 e. The normalized spacial score (nSPS) is 24.2. The average molecular weight is 349 g/mol. The molecule has 0 saturated carbocycles. The number of hydrogen-bond donors (Lipinski definition) is 0. The van der Waals surface area contributed by atoms with Crippen LogP contribution in [0, 0.1) is 5.92 Å². The topological polar surface area (TPSA) is 35.5 Å². The summed E-state index contributed by atoms with van der Waals surface area (Å²) in [5, 5.41) is 0. The van der Waals surface area contributed by atoms with Crippen LogP contribution >= 0.6 is 0 Å². The third kappa shape index (κ3) is 5.18. The van der Waals surface area contributed by atoms with E-state index in [-0.39, 0.29) is 18.0 Å². The lowest BCUT2D eigenvalue weighted by atomic mass is 9.97. The fourth-order valence-corrected chi connectivity index (χ4v) is 6.58. The first-order valence-corrected chi connectivity index (χ1v) is 12.8. The number of ether oxygens (including phenoxy) is 2. The molecule has 1 heterocycles. The summed E-state index contributed by atoms with van der Waals surface area (Å²) in [7, 11) is -1.51. The van der Waals surface area contributed by atoms with Gasteiger partial charge in [-0.15, -0.1) is 0 Å². The number of carbonyl (C=O) groups excluding carboxylic acids is 1. The Morgan fingerprint density at radius 2 is 1.83 bits per heavy atom.